The molecule has 2 rings (SSSR count). The van der Waals surface area contributed by atoms with Crippen molar-refractivity contribution in [2.24, 2.45) is 5.73 Å². The molecule has 2 aromatic rings. The molecule has 26 heavy (non-hydrogen) atoms. The summed E-state index contributed by atoms with van der Waals surface area (Å²) in [5, 5.41) is 13.3. The molecule has 1 amide bonds. The van der Waals surface area contributed by atoms with Crippen LogP contribution < -0.4 is 16.2 Å². The molecule has 0 bridgehead atoms. The number of hydrogen-bond donors (Lipinski definition) is 2. The number of nitrogens with one attached hydrogen (secondary N) is 1. The van der Waals surface area contributed by atoms with E-state index < -0.39 is 14.1 Å². The van der Waals surface area contributed by atoms with Gasteiger partial charge in [-0.25, -0.2) is 0 Å². The molecule has 3 N–H and O–H groups in total. The molecule has 6 heteroatoms. The summed E-state index contributed by atoms with van der Waals surface area (Å²) >= 11 is 0. The van der Waals surface area contributed by atoms with Crippen molar-refractivity contribution in [1.82, 2.24) is 0 Å². The summed E-state index contributed by atoms with van der Waals surface area (Å²) < 4.78 is 5.08. The number of ether oxygens (including phenoxy) is 1. The third-order valence-electron chi connectivity index (χ3n) is 4.15. The maximum atomic E-state index is 12.5. The lowest BCUT2D eigenvalue weighted by Crippen LogP contribution is -2.39. The minimum Gasteiger partial charge on any atom is -0.380 e. The van der Waals surface area contributed by atoms with Crippen LogP contribution in [0.25, 0.3) is 0 Å². The van der Waals surface area contributed by atoms with Gasteiger partial charge in [-0.3, -0.25) is 4.79 Å². The van der Waals surface area contributed by atoms with Crippen LogP contribution in [0.2, 0.25) is 19.6 Å². The lowest BCUT2D eigenvalue weighted by Gasteiger charge is -2.19. The second-order valence-corrected chi connectivity index (χ2v) is 12.3. The molecule has 1 unspecified atom stereocenters. The van der Waals surface area contributed by atoms with Gasteiger partial charge in [0.15, 0.2) is 0 Å². The van der Waals surface area contributed by atoms with E-state index in [0.29, 0.717) is 17.9 Å². The van der Waals surface area contributed by atoms with Gasteiger partial charge in [-0.05, 0) is 28.4 Å². The number of rotatable bonds is 6. The second-order valence-electron chi connectivity index (χ2n) is 7.26. The molecule has 0 aliphatic heterocycles. The largest absolute Gasteiger partial charge is 0.380 e. The first-order valence-electron chi connectivity index (χ1n) is 8.45. The SMILES string of the molecule is COCc1ccc(C(N)C(=O)Nc2ccc([Si](C)(C)C)c(C#N)c2)cc1. The standard InChI is InChI=1S/C20H25N3O2Si/c1-25-13-14-5-7-15(8-6-14)19(22)20(24)23-17-9-10-18(26(2,3)4)16(11-17)12-21/h5-11,19H,13,22H2,1-4H3,(H,23,24). The van der Waals surface area contributed by atoms with E-state index in [4.69, 9.17) is 10.5 Å². The number of hydrogen-bond acceptors (Lipinski definition) is 4. The Balaban J connectivity index is 2.15. The fourth-order valence-corrected chi connectivity index (χ4v) is 4.25. The maximum absolute atomic E-state index is 12.5. The van der Waals surface area contributed by atoms with Crippen LogP contribution in [0, 0.1) is 11.3 Å². The van der Waals surface area contributed by atoms with Crippen molar-refractivity contribution in [3.63, 3.8) is 0 Å². The Hall–Kier alpha value is -2.46. The number of nitrogens with zero attached hydrogens (tertiary/aromatic N) is 1. The summed E-state index contributed by atoms with van der Waals surface area (Å²) in [6.07, 6.45) is 0. The second kappa shape index (κ2) is 8.28. The Bertz CT molecular complexity index is 820. The van der Waals surface area contributed by atoms with Crippen molar-refractivity contribution in [1.29, 1.82) is 5.26 Å². The van der Waals surface area contributed by atoms with Crippen LogP contribution in [-0.4, -0.2) is 21.1 Å². The molecular weight excluding hydrogens is 342 g/mol. The number of carbonyl (C=O) groups is 1. The first-order valence-corrected chi connectivity index (χ1v) is 11.9. The van der Waals surface area contributed by atoms with Gasteiger partial charge in [0, 0.05) is 12.8 Å². The molecule has 0 radical (unpaired) electrons. The highest BCUT2D eigenvalue weighted by molar-refractivity contribution is 6.89. The van der Waals surface area contributed by atoms with E-state index in [1.807, 2.05) is 36.4 Å². The summed E-state index contributed by atoms with van der Waals surface area (Å²) in [5.74, 6) is -0.311. The quantitative estimate of drug-likeness (QED) is 0.769. The van der Waals surface area contributed by atoms with Crippen molar-refractivity contribution in [2.75, 3.05) is 12.4 Å². The fraction of sp³-hybridized carbons (Fsp3) is 0.300. The van der Waals surface area contributed by atoms with E-state index in [0.717, 1.165) is 16.3 Å². The summed E-state index contributed by atoms with van der Waals surface area (Å²) in [6, 6.07) is 14.4. The van der Waals surface area contributed by atoms with Gasteiger partial charge in [0.1, 0.15) is 6.04 Å². The van der Waals surface area contributed by atoms with Gasteiger partial charge in [-0.2, -0.15) is 5.26 Å². The highest BCUT2D eigenvalue weighted by Crippen LogP contribution is 2.17. The number of benzene rings is 2. The van der Waals surface area contributed by atoms with E-state index in [-0.39, 0.29) is 5.91 Å². The third kappa shape index (κ3) is 4.79. The molecule has 0 aliphatic rings. The van der Waals surface area contributed by atoms with E-state index in [9.17, 15) is 10.1 Å². The first kappa shape index (κ1) is 19.9. The minimum absolute atomic E-state index is 0.311. The fourth-order valence-electron chi connectivity index (χ4n) is 2.73. The van der Waals surface area contributed by atoms with E-state index in [2.05, 4.69) is 31.0 Å². The maximum Gasteiger partial charge on any atom is 0.245 e. The molecule has 2 aromatic carbocycles. The Morgan fingerprint density at radius 2 is 1.88 bits per heavy atom. The Morgan fingerprint density at radius 3 is 2.42 bits per heavy atom. The molecule has 0 aromatic heterocycles. The van der Waals surface area contributed by atoms with E-state index in [1.165, 1.54) is 0 Å². The normalized spacial score (nSPS) is 12.3. The molecule has 0 saturated heterocycles. The van der Waals surface area contributed by atoms with Crippen LogP contribution >= 0.6 is 0 Å². The highest BCUT2D eigenvalue weighted by atomic mass is 28.3. The smallest absolute Gasteiger partial charge is 0.245 e. The monoisotopic (exact) mass is 367 g/mol. The van der Waals surface area contributed by atoms with Crippen molar-refractivity contribution in [3.05, 3.63) is 59.2 Å². The van der Waals surface area contributed by atoms with E-state index >= 15 is 0 Å². The molecular formula is C20H25N3O2Si. The van der Waals surface area contributed by atoms with Gasteiger partial charge in [-0.1, -0.05) is 50.0 Å². The highest BCUT2D eigenvalue weighted by Gasteiger charge is 2.21. The Kier molecular flexibility index (Phi) is 6.32. The predicted molar refractivity (Wildman–Crippen MR) is 107 cm³/mol. The summed E-state index contributed by atoms with van der Waals surface area (Å²) in [7, 11) is 0.0163. The number of methoxy groups -OCH3 is 1. The zero-order valence-corrected chi connectivity index (χ0v) is 16.7. The van der Waals surface area contributed by atoms with E-state index in [1.54, 1.807) is 13.2 Å². The van der Waals surface area contributed by atoms with Crippen molar-refractivity contribution in [3.8, 4) is 6.07 Å². The molecule has 5 nitrogen and oxygen atoms in total. The number of nitriles is 1. The first-order chi connectivity index (χ1) is 12.3. The lowest BCUT2D eigenvalue weighted by atomic mass is 10.0. The molecule has 1 atom stereocenters. The number of nitrogens with two attached hydrogens (primary N) is 1. The molecule has 0 spiro atoms. The van der Waals surface area contributed by atoms with Gasteiger partial charge >= 0.3 is 0 Å². The average Bonchev–Trinajstić information content (AvgIpc) is 2.61. The van der Waals surface area contributed by atoms with Crippen LogP contribution in [0.3, 0.4) is 0 Å². The van der Waals surface area contributed by atoms with Crippen LogP contribution in [-0.2, 0) is 16.1 Å². The zero-order chi connectivity index (χ0) is 19.3. The number of amides is 1. The van der Waals surface area contributed by atoms with Gasteiger partial charge < -0.3 is 15.8 Å². The zero-order valence-electron chi connectivity index (χ0n) is 15.7. The summed E-state index contributed by atoms with van der Waals surface area (Å²) in [4.78, 5) is 12.5. The van der Waals surface area contributed by atoms with Crippen LogP contribution in [0.1, 0.15) is 22.7 Å². The van der Waals surface area contributed by atoms with Crippen LogP contribution in [0.5, 0.6) is 0 Å². The Morgan fingerprint density at radius 1 is 1.23 bits per heavy atom. The molecule has 0 saturated carbocycles. The van der Waals surface area contributed by atoms with Crippen molar-refractivity contribution >= 4 is 24.9 Å². The van der Waals surface area contributed by atoms with Gasteiger partial charge in [0.05, 0.1) is 26.3 Å². The van der Waals surface area contributed by atoms with Crippen LogP contribution in [0.15, 0.2) is 42.5 Å². The Labute approximate surface area is 155 Å². The number of carbonyl (C=O) groups excluding carboxylic acids is 1. The van der Waals surface area contributed by atoms with Gasteiger partial charge in [0.25, 0.3) is 0 Å². The third-order valence-corrected chi connectivity index (χ3v) is 6.20. The minimum atomic E-state index is -1.62. The average molecular weight is 368 g/mol. The molecule has 0 fully saturated rings. The summed E-state index contributed by atoms with van der Waals surface area (Å²) in [6.45, 7) is 7.07. The topological polar surface area (TPSA) is 88.1 Å². The van der Waals surface area contributed by atoms with Gasteiger partial charge in [-0.15, -0.1) is 0 Å². The number of anilines is 1. The lowest BCUT2D eigenvalue weighted by molar-refractivity contribution is -0.117. The van der Waals surface area contributed by atoms with Crippen molar-refractivity contribution < 1.29 is 9.53 Å². The van der Waals surface area contributed by atoms with Crippen LogP contribution in [0.4, 0.5) is 5.69 Å². The molecule has 136 valence electrons. The summed E-state index contributed by atoms with van der Waals surface area (Å²) in [5.41, 5.74) is 9.01. The molecule has 0 heterocycles. The van der Waals surface area contributed by atoms with Gasteiger partial charge in [0.2, 0.25) is 5.91 Å². The molecule has 0 aliphatic carbocycles. The predicted octanol–water partition coefficient (Wildman–Crippen LogP) is 2.89. The van der Waals surface area contributed by atoms with Crippen molar-refractivity contribution in [2.45, 2.75) is 32.3 Å².